The molecule has 2 N–H and O–H groups in total. The van der Waals surface area contributed by atoms with E-state index < -0.39 is 5.91 Å². The van der Waals surface area contributed by atoms with E-state index in [2.05, 4.69) is 10.9 Å². The van der Waals surface area contributed by atoms with Crippen LogP contribution in [0.15, 0.2) is 24.3 Å². The van der Waals surface area contributed by atoms with Gasteiger partial charge in [0.05, 0.1) is 0 Å². The van der Waals surface area contributed by atoms with Crippen molar-refractivity contribution in [2.45, 2.75) is 13.8 Å². The molecule has 0 saturated heterocycles. The molecule has 0 atom stereocenters. The van der Waals surface area contributed by atoms with Gasteiger partial charge < -0.3 is 4.74 Å². The van der Waals surface area contributed by atoms with Crippen LogP contribution in [-0.2, 0) is 9.59 Å². The van der Waals surface area contributed by atoms with E-state index in [1.165, 1.54) is 0 Å². The first kappa shape index (κ1) is 14.3. The minimum atomic E-state index is -0.441. The molecular formula is C12H15ClN2O3. The first-order valence-electron chi connectivity index (χ1n) is 5.46. The topological polar surface area (TPSA) is 67.4 Å². The summed E-state index contributed by atoms with van der Waals surface area (Å²) in [5, 5.41) is 0.529. The molecule has 0 bridgehead atoms. The Morgan fingerprint density at radius 3 is 2.67 bits per heavy atom. The van der Waals surface area contributed by atoms with Gasteiger partial charge in [-0.15, -0.1) is 0 Å². The molecule has 0 fully saturated rings. The van der Waals surface area contributed by atoms with E-state index in [0.717, 1.165) is 0 Å². The summed E-state index contributed by atoms with van der Waals surface area (Å²) in [5.41, 5.74) is 4.54. The Kier molecular flexibility index (Phi) is 5.45. The molecule has 5 nitrogen and oxygen atoms in total. The highest BCUT2D eigenvalue weighted by molar-refractivity contribution is 6.30. The van der Waals surface area contributed by atoms with Crippen LogP contribution in [-0.4, -0.2) is 18.4 Å². The molecule has 6 heteroatoms. The van der Waals surface area contributed by atoms with E-state index in [9.17, 15) is 9.59 Å². The third-order valence-electron chi connectivity index (χ3n) is 2.02. The second-order valence-corrected chi connectivity index (χ2v) is 4.37. The smallest absolute Gasteiger partial charge is 0.276 e. The van der Waals surface area contributed by atoms with Crippen LogP contribution in [0.3, 0.4) is 0 Å². The minimum absolute atomic E-state index is 0.195. The number of nitrogens with one attached hydrogen (secondary N) is 2. The maximum atomic E-state index is 11.3. The van der Waals surface area contributed by atoms with E-state index in [4.69, 9.17) is 16.3 Å². The van der Waals surface area contributed by atoms with Crippen molar-refractivity contribution in [3.05, 3.63) is 29.3 Å². The molecule has 0 aliphatic carbocycles. The van der Waals surface area contributed by atoms with Crippen LogP contribution in [0.4, 0.5) is 0 Å². The molecule has 0 spiro atoms. The second kappa shape index (κ2) is 6.86. The molecule has 0 saturated carbocycles. The number of halogens is 1. The summed E-state index contributed by atoms with van der Waals surface area (Å²) in [6.07, 6.45) is 0. The number of rotatable bonds is 4. The molecule has 98 valence electrons. The minimum Gasteiger partial charge on any atom is -0.484 e. The molecule has 2 amide bonds. The molecule has 1 aromatic rings. The van der Waals surface area contributed by atoms with Crippen molar-refractivity contribution in [1.29, 1.82) is 0 Å². The van der Waals surface area contributed by atoms with Crippen molar-refractivity contribution in [2.24, 2.45) is 5.92 Å². The van der Waals surface area contributed by atoms with Gasteiger partial charge in [0.1, 0.15) is 5.75 Å². The molecule has 1 aromatic carbocycles. The zero-order valence-corrected chi connectivity index (χ0v) is 11.0. The summed E-state index contributed by atoms with van der Waals surface area (Å²) in [5.74, 6) is -0.401. The fraction of sp³-hybridized carbons (Fsp3) is 0.333. The van der Waals surface area contributed by atoms with Gasteiger partial charge in [0.15, 0.2) is 6.61 Å². The standard InChI is InChI=1S/C12H15ClN2O3/c1-8(2)12(17)15-14-11(16)7-18-10-5-3-4-9(13)6-10/h3-6,8H,7H2,1-2H3,(H,14,16)(H,15,17). The van der Waals surface area contributed by atoms with Crippen molar-refractivity contribution in [3.63, 3.8) is 0 Å². The maximum absolute atomic E-state index is 11.3. The number of ether oxygens (including phenoxy) is 1. The van der Waals surface area contributed by atoms with E-state index in [1.807, 2.05) is 0 Å². The van der Waals surface area contributed by atoms with E-state index in [1.54, 1.807) is 38.1 Å². The summed E-state index contributed by atoms with van der Waals surface area (Å²) in [4.78, 5) is 22.5. The molecule has 0 aliphatic heterocycles. The Morgan fingerprint density at radius 1 is 1.33 bits per heavy atom. The first-order valence-corrected chi connectivity index (χ1v) is 5.84. The quantitative estimate of drug-likeness (QED) is 0.815. The third kappa shape index (κ3) is 5.05. The average molecular weight is 271 g/mol. The Balaban J connectivity index is 2.31. The van der Waals surface area contributed by atoms with Gasteiger partial charge in [0.25, 0.3) is 5.91 Å². The zero-order valence-electron chi connectivity index (χ0n) is 10.2. The van der Waals surface area contributed by atoms with Crippen molar-refractivity contribution in [3.8, 4) is 5.75 Å². The lowest BCUT2D eigenvalue weighted by Crippen LogP contribution is -2.45. The predicted octanol–water partition coefficient (Wildman–Crippen LogP) is 1.52. The van der Waals surface area contributed by atoms with Gasteiger partial charge in [-0.2, -0.15) is 0 Å². The van der Waals surface area contributed by atoms with Crippen LogP contribution in [0.25, 0.3) is 0 Å². The van der Waals surface area contributed by atoms with Crippen LogP contribution in [0, 0.1) is 5.92 Å². The van der Waals surface area contributed by atoms with Gasteiger partial charge >= 0.3 is 0 Å². The van der Waals surface area contributed by atoms with Gasteiger partial charge in [-0.1, -0.05) is 31.5 Å². The Labute approximate surface area is 110 Å². The van der Waals surface area contributed by atoms with Crippen LogP contribution in [0.2, 0.25) is 5.02 Å². The van der Waals surface area contributed by atoms with E-state index in [0.29, 0.717) is 10.8 Å². The van der Waals surface area contributed by atoms with Crippen molar-refractivity contribution in [1.82, 2.24) is 10.9 Å². The highest BCUT2D eigenvalue weighted by Crippen LogP contribution is 2.16. The lowest BCUT2D eigenvalue weighted by molar-refractivity contribution is -0.131. The van der Waals surface area contributed by atoms with Gasteiger partial charge in [0.2, 0.25) is 5.91 Å². The molecule has 0 heterocycles. The molecule has 18 heavy (non-hydrogen) atoms. The summed E-state index contributed by atoms with van der Waals surface area (Å²) in [6.45, 7) is 3.26. The van der Waals surface area contributed by atoms with Crippen LogP contribution in [0.5, 0.6) is 5.75 Å². The molecule has 0 aliphatic rings. The largest absolute Gasteiger partial charge is 0.484 e. The number of hydrogen-bond donors (Lipinski definition) is 2. The Bertz CT molecular complexity index is 435. The lowest BCUT2D eigenvalue weighted by atomic mass is 10.2. The highest BCUT2D eigenvalue weighted by atomic mass is 35.5. The number of hydrazine groups is 1. The molecule has 1 rings (SSSR count). The summed E-state index contributed by atoms with van der Waals surface area (Å²) < 4.78 is 5.19. The van der Waals surface area contributed by atoms with Crippen molar-refractivity contribution < 1.29 is 14.3 Å². The average Bonchev–Trinajstić information content (AvgIpc) is 2.33. The van der Waals surface area contributed by atoms with Gasteiger partial charge in [-0.05, 0) is 18.2 Å². The monoisotopic (exact) mass is 270 g/mol. The van der Waals surface area contributed by atoms with E-state index >= 15 is 0 Å². The van der Waals surface area contributed by atoms with Gasteiger partial charge in [0, 0.05) is 10.9 Å². The first-order chi connectivity index (χ1) is 8.49. The summed E-state index contributed by atoms with van der Waals surface area (Å²) in [7, 11) is 0. The number of hydrogen-bond acceptors (Lipinski definition) is 3. The Hall–Kier alpha value is -1.75. The summed E-state index contributed by atoms with van der Waals surface area (Å²) in [6, 6.07) is 6.71. The lowest BCUT2D eigenvalue weighted by Gasteiger charge is -2.10. The number of carbonyl (C=O) groups is 2. The van der Waals surface area contributed by atoms with Crippen molar-refractivity contribution >= 4 is 23.4 Å². The Morgan fingerprint density at radius 2 is 2.06 bits per heavy atom. The molecule has 0 unspecified atom stereocenters. The highest BCUT2D eigenvalue weighted by Gasteiger charge is 2.08. The van der Waals surface area contributed by atoms with Crippen LogP contribution < -0.4 is 15.6 Å². The fourth-order valence-corrected chi connectivity index (χ4v) is 1.20. The van der Waals surface area contributed by atoms with Gasteiger partial charge in [-0.3, -0.25) is 20.4 Å². The van der Waals surface area contributed by atoms with E-state index in [-0.39, 0.29) is 18.4 Å². The normalized spacial score (nSPS) is 10.0. The SMILES string of the molecule is CC(C)C(=O)NNC(=O)COc1cccc(Cl)c1. The molecule has 0 radical (unpaired) electrons. The third-order valence-corrected chi connectivity index (χ3v) is 2.25. The number of carbonyl (C=O) groups excluding carboxylic acids is 2. The van der Waals surface area contributed by atoms with Crippen LogP contribution >= 0.6 is 11.6 Å². The number of amides is 2. The van der Waals surface area contributed by atoms with Crippen molar-refractivity contribution in [2.75, 3.05) is 6.61 Å². The zero-order chi connectivity index (χ0) is 13.5. The second-order valence-electron chi connectivity index (χ2n) is 3.94. The predicted molar refractivity (Wildman–Crippen MR) is 68.1 cm³/mol. The summed E-state index contributed by atoms with van der Waals surface area (Å²) >= 11 is 5.76. The van der Waals surface area contributed by atoms with Gasteiger partial charge in [-0.25, -0.2) is 0 Å². The molecule has 0 aromatic heterocycles. The molecular weight excluding hydrogens is 256 g/mol. The fourth-order valence-electron chi connectivity index (χ4n) is 1.02. The number of benzene rings is 1. The van der Waals surface area contributed by atoms with Crippen LogP contribution in [0.1, 0.15) is 13.8 Å². The maximum Gasteiger partial charge on any atom is 0.276 e.